The number of amides is 2. The number of carboxylic acids is 1. The number of allylic oxidation sites excluding steroid dienone is 2. The average Bonchev–Trinajstić information content (AvgIpc) is 3.45. The molecule has 160 valence electrons. The van der Waals surface area contributed by atoms with Crippen LogP contribution in [0.5, 0.6) is 0 Å². The molecular weight excluding hydrogens is 400 g/mol. The lowest BCUT2D eigenvalue weighted by Gasteiger charge is -2.41. The highest BCUT2D eigenvalue weighted by molar-refractivity contribution is 7.17. The van der Waals surface area contributed by atoms with Gasteiger partial charge >= 0.3 is 5.97 Å². The molecule has 6 rings (SSSR count). The minimum Gasteiger partial charge on any atom is -0.481 e. The standard InChI is InChI=1S/C23H28N2O4S/c26-20(17-12-8-10-13(11-9-12)18(17)23(28)29)25-22-19(15-6-3-7-16(15)30-22)21(27)24-14-4-1-2-5-14/h8,10,12-14,17-18H,1-7,9,11H2,(H,24,27)(H,25,26)(H,28,29)/t12-,13-,17-,18+/m0/s1. The Balaban J connectivity index is 1.40. The smallest absolute Gasteiger partial charge is 0.307 e. The van der Waals surface area contributed by atoms with Gasteiger partial charge in [-0.25, -0.2) is 0 Å². The molecule has 5 aliphatic rings. The molecule has 0 saturated heterocycles. The van der Waals surface area contributed by atoms with Crippen LogP contribution in [0, 0.1) is 23.7 Å². The van der Waals surface area contributed by atoms with Crippen LogP contribution in [0.25, 0.3) is 0 Å². The van der Waals surface area contributed by atoms with Crippen LogP contribution in [0.3, 0.4) is 0 Å². The third kappa shape index (κ3) is 3.37. The largest absolute Gasteiger partial charge is 0.481 e. The number of hydrogen-bond donors (Lipinski definition) is 3. The second-order valence-corrected chi connectivity index (χ2v) is 10.3. The quantitative estimate of drug-likeness (QED) is 0.622. The van der Waals surface area contributed by atoms with E-state index >= 15 is 0 Å². The summed E-state index contributed by atoms with van der Waals surface area (Å²) in [6, 6.07) is 0.216. The van der Waals surface area contributed by atoms with E-state index < -0.39 is 17.8 Å². The minimum absolute atomic E-state index is 0.0429. The van der Waals surface area contributed by atoms with E-state index in [0.29, 0.717) is 10.6 Å². The topological polar surface area (TPSA) is 95.5 Å². The molecule has 0 aliphatic heterocycles. The fourth-order valence-electron chi connectivity index (χ4n) is 5.94. The molecule has 0 aromatic carbocycles. The molecule has 2 amide bonds. The molecule has 2 fully saturated rings. The first-order valence-corrected chi connectivity index (χ1v) is 12.0. The van der Waals surface area contributed by atoms with E-state index in [9.17, 15) is 19.5 Å². The van der Waals surface area contributed by atoms with Gasteiger partial charge in [-0.1, -0.05) is 25.0 Å². The third-order valence-corrected chi connectivity index (χ3v) is 8.62. The maximum absolute atomic E-state index is 13.3. The molecule has 1 aromatic rings. The van der Waals surface area contributed by atoms with Gasteiger partial charge in [-0.2, -0.15) is 0 Å². The zero-order valence-electron chi connectivity index (χ0n) is 17.0. The summed E-state index contributed by atoms with van der Waals surface area (Å²) in [5.41, 5.74) is 1.70. The van der Waals surface area contributed by atoms with Crippen LogP contribution in [-0.2, 0) is 22.4 Å². The number of aliphatic carboxylic acids is 1. The number of carbonyl (C=O) groups is 3. The van der Waals surface area contributed by atoms with Crippen molar-refractivity contribution >= 4 is 34.1 Å². The van der Waals surface area contributed by atoms with Crippen molar-refractivity contribution in [1.29, 1.82) is 0 Å². The third-order valence-electron chi connectivity index (χ3n) is 7.41. The van der Waals surface area contributed by atoms with Gasteiger partial charge in [-0.3, -0.25) is 14.4 Å². The normalized spacial score (nSPS) is 29.7. The van der Waals surface area contributed by atoms with Gasteiger partial charge < -0.3 is 15.7 Å². The van der Waals surface area contributed by atoms with Crippen LogP contribution < -0.4 is 10.6 Å². The second-order valence-electron chi connectivity index (χ2n) is 9.19. The SMILES string of the molecule is O=C(NC1CCCC1)c1c(NC(=O)[C@@H]2[C@H](C(=O)O)[C@H]3C=C[C@H]2CC3)sc2c1CCC2. The lowest BCUT2D eigenvalue weighted by molar-refractivity contribution is -0.151. The van der Waals surface area contributed by atoms with Gasteiger partial charge in [0.15, 0.2) is 0 Å². The Bertz CT molecular complexity index is 915. The predicted molar refractivity (Wildman–Crippen MR) is 115 cm³/mol. The van der Waals surface area contributed by atoms with Gasteiger partial charge in [-0.15, -0.1) is 11.3 Å². The Labute approximate surface area is 180 Å². The fourth-order valence-corrected chi connectivity index (χ4v) is 7.23. The molecule has 4 atom stereocenters. The lowest BCUT2D eigenvalue weighted by atomic mass is 9.62. The van der Waals surface area contributed by atoms with E-state index in [-0.39, 0.29) is 29.7 Å². The number of thiophene rings is 1. The predicted octanol–water partition coefficient (Wildman–Crippen LogP) is 3.76. The molecule has 1 aromatic heterocycles. The maximum atomic E-state index is 13.3. The van der Waals surface area contributed by atoms with Crippen LogP contribution in [0.2, 0.25) is 0 Å². The van der Waals surface area contributed by atoms with E-state index in [1.165, 1.54) is 16.2 Å². The van der Waals surface area contributed by atoms with Crippen molar-refractivity contribution in [2.24, 2.45) is 23.7 Å². The Morgan fingerprint density at radius 1 is 0.933 bits per heavy atom. The molecule has 0 radical (unpaired) electrons. The molecule has 6 nitrogen and oxygen atoms in total. The summed E-state index contributed by atoms with van der Waals surface area (Å²) < 4.78 is 0. The van der Waals surface area contributed by atoms with Gasteiger partial charge in [0.25, 0.3) is 5.91 Å². The van der Waals surface area contributed by atoms with Crippen LogP contribution in [0.15, 0.2) is 12.2 Å². The number of carbonyl (C=O) groups excluding carboxylic acids is 2. The second kappa shape index (κ2) is 7.84. The fraction of sp³-hybridized carbons (Fsp3) is 0.609. The summed E-state index contributed by atoms with van der Waals surface area (Å²) >= 11 is 1.50. The highest BCUT2D eigenvalue weighted by Crippen LogP contribution is 2.46. The zero-order valence-corrected chi connectivity index (χ0v) is 17.8. The minimum atomic E-state index is -0.901. The molecular formula is C23H28N2O4S. The number of hydrogen-bond acceptors (Lipinski definition) is 4. The van der Waals surface area contributed by atoms with Crippen LogP contribution in [0.4, 0.5) is 5.00 Å². The molecule has 2 saturated carbocycles. The Morgan fingerprint density at radius 2 is 1.63 bits per heavy atom. The Hall–Kier alpha value is -2.15. The van der Waals surface area contributed by atoms with Crippen molar-refractivity contribution in [3.63, 3.8) is 0 Å². The highest BCUT2D eigenvalue weighted by Gasteiger charge is 2.48. The summed E-state index contributed by atoms with van der Waals surface area (Å²) in [6.45, 7) is 0. The molecule has 7 heteroatoms. The Kier molecular flexibility index (Phi) is 5.17. The van der Waals surface area contributed by atoms with E-state index in [1.807, 2.05) is 12.2 Å². The van der Waals surface area contributed by atoms with Gasteiger partial charge in [0.1, 0.15) is 5.00 Å². The van der Waals surface area contributed by atoms with Crippen LogP contribution in [0.1, 0.15) is 65.7 Å². The number of nitrogens with one attached hydrogen (secondary N) is 2. The van der Waals surface area contributed by atoms with Gasteiger partial charge in [0, 0.05) is 10.9 Å². The van der Waals surface area contributed by atoms with Crippen molar-refractivity contribution in [3.05, 3.63) is 28.2 Å². The zero-order chi connectivity index (χ0) is 20.8. The number of anilines is 1. The maximum Gasteiger partial charge on any atom is 0.307 e. The van der Waals surface area contributed by atoms with E-state index in [0.717, 1.165) is 63.4 Å². The Morgan fingerprint density at radius 3 is 2.30 bits per heavy atom. The van der Waals surface area contributed by atoms with Crippen LogP contribution >= 0.6 is 11.3 Å². The summed E-state index contributed by atoms with van der Waals surface area (Å²) in [7, 11) is 0. The molecule has 5 aliphatic carbocycles. The number of carboxylic acid groups (broad SMARTS) is 1. The molecule has 0 spiro atoms. The van der Waals surface area contributed by atoms with Crippen molar-refractivity contribution in [1.82, 2.24) is 5.32 Å². The van der Waals surface area contributed by atoms with Crippen LogP contribution in [-0.4, -0.2) is 28.9 Å². The summed E-state index contributed by atoms with van der Waals surface area (Å²) in [6.07, 6.45) is 12.8. The van der Waals surface area contributed by atoms with E-state index in [4.69, 9.17) is 0 Å². The van der Waals surface area contributed by atoms with Crippen molar-refractivity contribution in [2.75, 3.05) is 5.32 Å². The number of fused-ring (bicyclic) bond motifs is 3. The van der Waals surface area contributed by atoms with Crippen molar-refractivity contribution in [3.8, 4) is 0 Å². The van der Waals surface area contributed by atoms with E-state index in [2.05, 4.69) is 10.6 Å². The summed E-state index contributed by atoms with van der Waals surface area (Å²) in [4.78, 5) is 39.5. The molecule has 2 bridgehead atoms. The van der Waals surface area contributed by atoms with Gasteiger partial charge in [0.05, 0.1) is 17.4 Å². The number of aryl methyl sites for hydroxylation is 1. The molecule has 3 N–H and O–H groups in total. The van der Waals surface area contributed by atoms with Crippen molar-refractivity contribution < 1.29 is 19.5 Å². The van der Waals surface area contributed by atoms with Gasteiger partial charge in [-0.05, 0) is 62.3 Å². The highest BCUT2D eigenvalue weighted by atomic mass is 32.1. The first-order valence-electron chi connectivity index (χ1n) is 11.2. The van der Waals surface area contributed by atoms with Crippen molar-refractivity contribution in [2.45, 2.75) is 63.8 Å². The first kappa shape index (κ1) is 19.8. The first-order chi connectivity index (χ1) is 14.5. The molecule has 30 heavy (non-hydrogen) atoms. The molecule has 1 heterocycles. The van der Waals surface area contributed by atoms with E-state index in [1.54, 1.807) is 0 Å². The molecule has 0 unspecified atom stereocenters. The van der Waals surface area contributed by atoms with Gasteiger partial charge in [0.2, 0.25) is 5.91 Å². The lowest BCUT2D eigenvalue weighted by Crippen LogP contribution is -2.47. The monoisotopic (exact) mass is 428 g/mol. The summed E-state index contributed by atoms with van der Waals surface area (Å²) in [5, 5.41) is 16.6. The summed E-state index contributed by atoms with van der Waals surface area (Å²) in [5.74, 6) is -2.62. The number of rotatable bonds is 5. The average molecular weight is 429 g/mol.